The molecule has 0 aromatic heterocycles. The molecule has 1 aliphatic rings. The predicted octanol–water partition coefficient (Wildman–Crippen LogP) is 2.83. The van der Waals surface area contributed by atoms with Crippen LogP contribution in [-0.2, 0) is 0 Å². The summed E-state index contributed by atoms with van der Waals surface area (Å²) in [4.78, 5) is 2.47. The van der Waals surface area contributed by atoms with Gasteiger partial charge in [0.1, 0.15) is 11.5 Å². The zero-order valence-electron chi connectivity index (χ0n) is 13.5. The van der Waals surface area contributed by atoms with E-state index in [2.05, 4.69) is 11.8 Å². The third kappa shape index (κ3) is 4.11. The molecule has 118 valence electrons. The van der Waals surface area contributed by atoms with Gasteiger partial charge >= 0.3 is 0 Å². The largest absolute Gasteiger partial charge is 0.497 e. The lowest BCUT2D eigenvalue weighted by atomic mass is 9.94. The molecule has 1 aliphatic heterocycles. The molecule has 0 bridgehead atoms. The highest BCUT2D eigenvalue weighted by atomic mass is 16.5. The average Bonchev–Trinajstić information content (AvgIpc) is 2.54. The molecule has 1 atom stereocenters. The Hall–Kier alpha value is -1.26. The first-order valence-electron chi connectivity index (χ1n) is 7.87. The summed E-state index contributed by atoms with van der Waals surface area (Å²) in [6.07, 6.45) is 3.89. The van der Waals surface area contributed by atoms with E-state index < -0.39 is 0 Å². The summed E-state index contributed by atoms with van der Waals surface area (Å²) < 4.78 is 10.7. The summed E-state index contributed by atoms with van der Waals surface area (Å²) >= 11 is 0. The SMILES string of the molecule is CCC1CCN(CC(N)c2ccc(OC)cc2OC)CC1. The van der Waals surface area contributed by atoms with E-state index in [0.29, 0.717) is 0 Å². The number of hydrogen-bond acceptors (Lipinski definition) is 4. The van der Waals surface area contributed by atoms with Gasteiger partial charge in [-0.1, -0.05) is 19.4 Å². The Morgan fingerprint density at radius 3 is 2.52 bits per heavy atom. The van der Waals surface area contributed by atoms with Crippen molar-refractivity contribution in [1.82, 2.24) is 4.90 Å². The third-order valence-electron chi connectivity index (χ3n) is 4.58. The fourth-order valence-electron chi connectivity index (χ4n) is 3.08. The number of nitrogens with zero attached hydrogens (tertiary/aromatic N) is 1. The van der Waals surface area contributed by atoms with Gasteiger partial charge in [0.25, 0.3) is 0 Å². The molecule has 1 aromatic rings. The average molecular weight is 292 g/mol. The van der Waals surface area contributed by atoms with Gasteiger partial charge in [-0.25, -0.2) is 0 Å². The molecule has 2 rings (SSSR count). The number of rotatable bonds is 6. The van der Waals surface area contributed by atoms with Gasteiger partial charge in [-0.05, 0) is 37.9 Å². The summed E-state index contributed by atoms with van der Waals surface area (Å²) in [6, 6.07) is 5.84. The zero-order valence-corrected chi connectivity index (χ0v) is 13.5. The van der Waals surface area contributed by atoms with Crippen LogP contribution in [0.25, 0.3) is 0 Å². The highest BCUT2D eigenvalue weighted by Gasteiger charge is 2.21. The van der Waals surface area contributed by atoms with Crippen molar-refractivity contribution in [3.05, 3.63) is 23.8 Å². The first kappa shape index (κ1) is 16.1. The molecular formula is C17H28N2O2. The van der Waals surface area contributed by atoms with E-state index >= 15 is 0 Å². The molecule has 4 heteroatoms. The van der Waals surface area contributed by atoms with Crippen LogP contribution >= 0.6 is 0 Å². The molecule has 21 heavy (non-hydrogen) atoms. The maximum atomic E-state index is 6.40. The highest BCUT2D eigenvalue weighted by molar-refractivity contribution is 5.42. The van der Waals surface area contributed by atoms with E-state index in [-0.39, 0.29) is 6.04 Å². The Kier molecular flexibility index (Phi) is 5.88. The van der Waals surface area contributed by atoms with Gasteiger partial charge < -0.3 is 20.1 Å². The molecule has 1 fully saturated rings. The lowest BCUT2D eigenvalue weighted by Crippen LogP contribution is -2.38. The fourth-order valence-corrected chi connectivity index (χ4v) is 3.08. The van der Waals surface area contributed by atoms with Crippen LogP contribution < -0.4 is 15.2 Å². The lowest BCUT2D eigenvalue weighted by molar-refractivity contribution is 0.172. The van der Waals surface area contributed by atoms with Crippen LogP contribution in [0.15, 0.2) is 18.2 Å². The van der Waals surface area contributed by atoms with Crippen molar-refractivity contribution in [2.24, 2.45) is 11.7 Å². The van der Waals surface area contributed by atoms with Crippen LogP contribution in [0.5, 0.6) is 11.5 Å². The fraction of sp³-hybridized carbons (Fsp3) is 0.647. The smallest absolute Gasteiger partial charge is 0.127 e. The van der Waals surface area contributed by atoms with Crippen molar-refractivity contribution in [2.75, 3.05) is 33.9 Å². The standard InChI is InChI=1S/C17H28N2O2/c1-4-13-7-9-19(10-8-13)12-16(18)15-6-5-14(20-2)11-17(15)21-3/h5-6,11,13,16H,4,7-10,12,18H2,1-3H3. The molecule has 0 aliphatic carbocycles. The van der Waals surface area contributed by atoms with E-state index in [9.17, 15) is 0 Å². The van der Waals surface area contributed by atoms with Gasteiger partial charge in [-0.2, -0.15) is 0 Å². The number of ether oxygens (including phenoxy) is 2. The number of hydrogen-bond donors (Lipinski definition) is 1. The van der Waals surface area contributed by atoms with E-state index in [4.69, 9.17) is 15.2 Å². The van der Waals surface area contributed by atoms with E-state index in [0.717, 1.165) is 42.6 Å². The number of methoxy groups -OCH3 is 2. The second kappa shape index (κ2) is 7.66. The van der Waals surface area contributed by atoms with Crippen LogP contribution in [0.2, 0.25) is 0 Å². The molecular weight excluding hydrogens is 264 g/mol. The molecule has 4 nitrogen and oxygen atoms in total. The number of likely N-dealkylation sites (tertiary alicyclic amines) is 1. The maximum absolute atomic E-state index is 6.40. The summed E-state index contributed by atoms with van der Waals surface area (Å²) in [5, 5.41) is 0. The van der Waals surface area contributed by atoms with Crippen molar-refractivity contribution < 1.29 is 9.47 Å². The molecule has 1 saturated heterocycles. The lowest BCUT2D eigenvalue weighted by Gasteiger charge is -2.33. The minimum Gasteiger partial charge on any atom is -0.497 e. The number of benzene rings is 1. The molecule has 1 aromatic carbocycles. The Morgan fingerprint density at radius 2 is 1.95 bits per heavy atom. The summed E-state index contributed by atoms with van der Waals surface area (Å²) in [5.74, 6) is 2.50. The van der Waals surface area contributed by atoms with Crippen molar-refractivity contribution in [3.8, 4) is 11.5 Å². The summed E-state index contributed by atoms with van der Waals surface area (Å²) in [6.45, 7) is 5.49. The van der Waals surface area contributed by atoms with Crippen molar-refractivity contribution in [1.29, 1.82) is 0 Å². The molecule has 0 spiro atoms. The minimum atomic E-state index is -0.0240. The Bertz CT molecular complexity index is 442. The number of piperidine rings is 1. The van der Waals surface area contributed by atoms with Crippen LogP contribution in [0.1, 0.15) is 37.8 Å². The van der Waals surface area contributed by atoms with Gasteiger partial charge in [0, 0.05) is 24.2 Å². The second-order valence-corrected chi connectivity index (χ2v) is 5.87. The van der Waals surface area contributed by atoms with Crippen LogP contribution in [-0.4, -0.2) is 38.8 Å². The van der Waals surface area contributed by atoms with Crippen molar-refractivity contribution in [3.63, 3.8) is 0 Å². The molecule has 0 radical (unpaired) electrons. The second-order valence-electron chi connectivity index (χ2n) is 5.87. The van der Waals surface area contributed by atoms with Gasteiger partial charge in [0.15, 0.2) is 0 Å². The van der Waals surface area contributed by atoms with E-state index in [1.165, 1.54) is 19.3 Å². The highest BCUT2D eigenvalue weighted by Crippen LogP contribution is 2.29. The Labute approximate surface area is 128 Å². The van der Waals surface area contributed by atoms with E-state index in [1.54, 1.807) is 14.2 Å². The molecule has 0 amide bonds. The molecule has 2 N–H and O–H groups in total. The van der Waals surface area contributed by atoms with Gasteiger partial charge in [0.2, 0.25) is 0 Å². The van der Waals surface area contributed by atoms with E-state index in [1.807, 2.05) is 18.2 Å². The van der Waals surface area contributed by atoms with Crippen molar-refractivity contribution in [2.45, 2.75) is 32.2 Å². The first-order chi connectivity index (χ1) is 10.2. The van der Waals surface area contributed by atoms with Gasteiger partial charge in [-0.3, -0.25) is 0 Å². The summed E-state index contributed by atoms with van der Waals surface area (Å²) in [7, 11) is 3.34. The monoisotopic (exact) mass is 292 g/mol. The van der Waals surface area contributed by atoms with Crippen LogP contribution in [0.3, 0.4) is 0 Å². The van der Waals surface area contributed by atoms with Crippen molar-refractivity contribution >= 4 is 0 Å². The molecule has 0 saturated carbocycles. The minimum absolute atomic E-state index is 0.0240. The topological polar surface area (TPSA) is 47.7 Å². The third-order valence-corrected chi connectivity index (χ3v) is 4.58. The number of nitrogens with two attached hydrogens (primary N) is 1. The summed E-state index contributed by atoms with van der Waals surface area (Å²) in [5.41, 5.74) is 7.45. The predicted molar refractivity (Wildman–Crippen MR) is 85.9 cm³/mol. The molecule has 1 heterocycles. The first-order valence-corrected chi connectivity index (χ1v) is 7.87. The Balaban J connectivity index is 1.98. The molecule has 1 unspecified atom stereocenters. The quantitative estimate of drug-likeness (QED) is 0.876. The zero-order chi connectivity index (χ0) is 15.2. The maximum Gasteiger partial charge on any atom is 0.127 e. The van der Waals surface area contributed by atoms with Crippen LogP contribution in [0.4, 0.5) is 0 Å². The van der Waals surface area contributed by atoms with Crippen LogP contribution in [0, 0.1) is 5.92 Å². The normalized spacial score (nSPS) is 18.5. The van der Waals surface area contributed by atoms with Gasteiger partial charge in [-0.15, -0.1) is 0 Å². The van der Waals surface area contributed by atoms with Gasteiger partial charge in [0.05, 0.1) is 14.2 Å². The Morgan fingerprint density at radius 1 is 1.24 bits per heavy atom.